The van der Waals surface area contributed by atoms with Gasteiger partial charge >= 0.3 is 6.30 Å². The van der Waals surface area contributed by atoms with Crippen LogP contribution in [0, 0.1) is 0 Å². The molecular formula is C8H8F3N4OS. The average molecular weight is 265 g/mol. The van der Waals surface area contributed by atoms with Crippen LogP contribution in [0.25, 0.3) is 0 Å². The van der Waals surface area contributed by atoms with Crippen molar-refractivity contribution in [3.05, 3.63) is 23.8 Å². The number of ether oxygens (including phenoxy) is 1. The van der Waals surface area contributed by atoms with E-state index in [0.717, 1.165) is 6.20 Å². The van der Waals surface area contributed by atoms with Crippen LogP contribution in [-0.4, -0.2) is 35.1 Å². The Labute approximate surface area is 101 Å². The summed E-state index contributed by atoms with van der Waals surface area (Å²) in [6.07, 6.45) is -2.22. The summed E-state index contributed by atoms with van der Waals surface area (Å²) in [4.78, 5) is 3.82. The second kappa shape index (κ2) is 4.17. The molecule has 0 atom stereocenters. The van der Waals surface area contributed by atoms with Gasteiger partial charge in [0.2, 0.25) is 0 Å². The molecule has 0 spiro atoms. The maximum atomic E-state index is 12.5. The first-order chi connectivity index (χ1) is 7.91. The Hall–Kier alpha value is -1.32. The number of rotatable bonds is 2. The molecule has 1 N–H and O–H groups in total. The summed E-state index contributed by atoms with van der Waals surface area (Å²) in [7, 11) is 1.44. The molecule has 0 saturated carbocycles. The largest absolute Gasteiger partial charge is 0.500 e. The Kier molecular flexibility index (Phi) is 2.98. The van der Waals surface area contributed by atoms with Gasteiger partial charge in [-0.2, -0.15) is 0 Å². The van der Waals surface area contributed by atoms with Crippen molar-refractivity contribution in [1.29, 1.82) is 0 Å². The fraction of sp³-hybridized carbons (Fsp3) is 0.375. The molecule has 0 unspecified atom stereocenters. The molecule has 2 heterocycles. The van der Waals surface area contributed by atoms with E-state index in [2.05, 4.69) is 10.5 Å². The van der Waals surface area contributed by atoms with Crippen LogP contribution in [0.15, 0.2) is 28.8 Å². The first-order valence-electron chi connectivity index (χ1n) is 4.51. The SMILES string of the molecule is COCC1=CC([S])=NC2=CN(C(F)(F)F)NN12. The average Bonchev–Trinajstić information content (AvgIpc) is 2.61. The normalized spacial score (nSPS) is 19.9. The number of alkyl halides is 3. The van der Waals surface area contributed by atoms with Crippen LogP contribution >= 0.6 is 12.6 Å². The Bertz CT molecular complexity index is 417. The minimum absolute atomic E-state index is 0.00324. The highest BCUT2D eigenvalue weighted by atomic mass is 32.1. The van der Waals surface area contributed by atoms with Gasteiger partial charge in [-0.15, -0.1) is 18.7 Å². The van der Waals surface area contributed by atoms with E-state index >= 15 is 0 Å². The molecule has 0 saturated heterocycles. The second-order valence-corrected chi connectivity index (χ2v) is 3.70. The summed E-state index contributed by atoms with van der Waals surface area (Å²) in [5, 5.41) is 1.39. The minimum atomic E-state index is -4.53. The Morgan fingerprint density at radius 1 is 1.53 bits per heavy atom. The number of fused-ring (bicyclic) bond motifs is 1. The lowest BCUT2D eigenvalue weighted by Gasteiger charge is -2.27. The first kappa shape index (κ1) is 12.1. The lowest BCUT2D eigenvalue weighted by Crippen LogP contribution is -2.47. The fourth-order valence-electron chi connectivity index (χ4n) is 1.39. The zero-order valence-corrected chi connectivity index (χ0v) is 9.47. The summed E-state index contributed by atoms with van der Waals surface area (Å²) in [5.74, 6) is 0.0851. The zero-order chi connectivity index (χ0) is 12.6. The van der Waals surface area contributed by atoms with E-state index in [1.54, 1.807) is 0 Å². The van der Waals surface area contributed by atoms with E-state index in [0.29, 0.717) is 5.70 Å². The Balaban J connectivity index is 2.26. The number of hydrogen-bond donors (Lipinski definition) is 1. The van der Waals surface area contributed by atoms with Gasteiger partial charge in [-0.3, -0.25) is 0 Å². The van der Waals surface area contributed by atoms with Gasteiger partial charge in [0.1, 0.15) is 5.04 Å². The molecule has 93 valence electrons. The number of nitrogens with zero attached hydrogens (tertiary/aromatic N) is 3. The number of aliphatic imine (C=N–C) groups is 1. The van der Waals surface area contributed by atoms with Crippen molar-refractivity contribution in [3.63, 3.8) is 0 Å². The quantitative estimate of drug-likeness (QED) is 0.768. The second-order valence-electron chi connectivity index (χ2n) is 3.28. The number of methoxy groups -OCH3 is 1. The summed E-state index contributed by atoms with van der Waals surface area (Å²) in [6, 6.07) is 0. The molecule has 0 aliphatic carbocycles. The predicted octanol–water partition coefficient (Wildman–Crippen LogP) is 1.48. The van der Waals surface area contributed by atoms with Crippen LogP contribution in [0.3, 0.4) is 0 Å². The van der Waals surface area contributed by atoms with Crippen LogP contribution in [0.1, 0.15) is 0 Å². The highest BCUT2D eigenvalue weighted by Gasteiger charge is 2.42. The molecule has 2 rings (SSSR count). The van der Waals surface area contributed by atoms with Gasteiger partial charge in [0.05, 0.1) is 18.5 Å². The molecule has 2 aliphatic heterocycles. The van der Waals surface area contributed by atoms with Crippen LogP contribution < -0.4 is 5.53 Å². The van der Waals surface area contributed by atoms with Crippen LogP contribution in [0.2, 0.25) is 0 Å². The van der Waals surface area contributed by atoms with E-state index in [9.17, 15) is 13.2 Å². The summed E-state index contributed by atoms with van der Waals surface area (Å²) in [5.41, 5.74) is 2.60. The van der Waals surface area contributed by atoms with E-state index in [4.69, 9.17) is 17.4 Å². The number of halogens is 3. The molecule has 5 nitrogen and oxygen atoms in total. The zero-order valence-electron chi connectivity index (χ0n) is 8.65. The van der Waals surface area contributed by atoms with Gasteiger partial charge in [0.25, 0.3) is 0 Å². The standard InChI is InChI=1S/C8H8F3N4OS/c1-16-4-5-2-7(17)12-6-3-14(8(9,10)11)13-15(5)6/h2-3,13H,4H2,1H3. The van der Waals surface area contributed by atoms with Gasteiger partial charge in [0.15, 0.2) is 5.82 Å². The van der Waals surface area contributed by atoms with E-state index in [1.165, 1.54) is 18.2 Å². The van der Waals surface area contributed by atoms with E-state index in [-0.39, 0.29) is 22.5 Å². The Morgan fingerprint density at radius 2 is 2.24 bits per heavy atom. The maximum absolute atomic E-state index is 12.5. The van der Waals surface area contributed by atoms with Crippen molar-refractivity contribution in [1.82, 2.24) is 15.6 Å². The van der Waals surface area contributed by atoms with Crippen molar-refractivity contribution in [2.45, 2.75) is 6.30 Å². The molecule has 0 aromatic heterocycles. The molecule has 0 aromatic rings. The molecular weight excluding hydrogens is 257 g/mol. The summed E-state index contributed by atoms with van der Waals surface area (Å²) >= 11 is 4.86. The molecule has 2 aliphatic rings. The van der Waals surface area contributed by atoms with Gasteiger partial charge in [-0.05, 0) is 6.08 Å². The number of hydrogen-bond acceptors (Lipinski definition) is 5. The highest BCUT2D eigenvalue weighted by molar-refractivity contribution is 7.97. The topological polar surface area (TPSA) is 40.1 Å². The molecule has 0 fully saturated rings. The van der Waals surface area contributed by atoms with Gasteiger partial charge in [-0.25, -0.2) is 15.0 Å². The van der Waals surface area contributed by atoms with Gasteiger partial charge in [0, 0.05) is 7.11 Å². The molecule has 9 heteroatoms. The van der Waals surface area contributed by atoms with E-state index in [1.807, 2.05) is 0 Å². The third kappa shape index (κ3) is 2.35. The van der Waals surface area contributed by atoms with Crippen LogP contribution in [0.4, 0.5) is 13.2 Å². The molecule has 0 amide bonds. The fourth-order valence-corrected chi connectivity index (χ4v) is 1.62. The van der Waals surface area contributed by atoms with Gasteiger partial charge < -0.3 is 4.74 Å². The molecule has 0 aromatic carbocycles. The van der Waals surface area contributed by atoms with Crippen molar-refractivity contribution in [2.75, 3.05) is 13.7 Å². The monoisotopic (exact) mass is 265 g/mol. The molecule has 0 bridgehead atoms. The van der Waals surface area contributed by atoms with E-state index < -0.39 is 6.30 Å². The highest BCUT2D eigenvalue weighted by Crippen LogP contribution is 2.29. The lowest BCUT2D eigenvalue weighted by molar-refractivity contribution is -0.251. The summed E-state index contributed by atoms with van der Waals surface area (Å²) in [6.45, 7) is 0.131. The Morgan fingerprint density at radius 3 is 2.82 bits per heavy atom. The van der Waals surface area contributed by atoms with Gasteiger partial charge in [-0.1, -0.05) is 12.6 Å². The van der Waals surface area contributed by atoms with Crippen molar-refractivity contribution >= 4 is 17.7 Å². The third-order valence-electron chi connectivity index (χ3n) is 2.05. The van der Waals surface area contributed by atoms with Crippen molar-refractivity contribution in [2.24, 2.45) is 4.99 Å². The third-order valence-corrected chi connectivity index (χ3v) is 2.26. The van der Waals surface area contributed by atoms with Crippen molar-refractivity contribution in [3.8, 4) is 0 Å². The summed E-state index contributed by atoms with van der Waals surface area (Å²) < 4.78 is 42.3. The van der Waals surface area contributed by atoms with Crippen LogP contribution in [-0.2, 0) is 4.74 Å². The maximum Gasteiger partial charge on any atom is 0.500 e. The smallest absolute Gasteiger partial charge is 0.378 e. The predicted molar refractivity (Wildman–Crippen MR) is 55.9 cm³/mol. The molecule has 1 radical (unpaired) electrons. The lowest BCUT2D eigenvalue weighted by atomic mass is 10.3. The van der Waals surface area contributed by atoms with Crippen LogP contribution in [0.5, 0.6) is 0 Å². The molecule has 17 heavy (non-hydrogen) atoms. The first-order valence-corrected chi connectivity index (χ1v) is 4.92. The van der Waals surface area contributed by atoms with Crippen molar-refractivity contribution < 1.29 is 17.9 Å². The minimum Gasteiger partial charge on any atom is -0.378 e. The number of hydrazine groups is 2. The number of nitrogens with one attached hydrogen (secondary N) is 1.